The van der Waals surface area contributed by atoms with Gasteiger partial charge in [0.05, 0.1) is 0 Å². The van der Waals surface area contributed by atoms with Gasteiger partial charge in [0, 0.05) is 17.3 Å². The van der Waals surface area contributed by atoms with Crippen molar-refractivity contribution in [2.75, 3.05) is 0 Å². The molecule has 3 heteroatoms. The highest BCUT2D eigenvalue weighted by molar-refractivity contribution is 6.19. The first-order valence-electron chi connectivity index (χ1n) is 3.27. The van der Waals surface area contributed by atoms with Crippen LogP contribution in [-0.2, 0) is 9.59 Å². The lowest BCUT2D eigenvalue weighted by molar-refractivity contribution is -0.134. The van der Waals surface area contributed by atoms with Crippen molar-refractivity contribution in [1.82, 2.24) is 4.90 Å². The average Bonchev–Trinajstić information content (AvgIpc) is 2.17. The molecule has 0 spiro atoms. The highest BCUT2D eigenvalue weighted by Crippen LogP contribution is 2.19. The minimum absolute atomic E-state index is 0.262. The summed E-state index contributed by atoms with van der Waals surface area (Å²) in [7, 11) is 0. The summed E-state index contributed by atoms with van der Waals surface area (Å²) in [6.07, 6.45) is 1.24. The maximum absolute atomic E-state index is 11.1. The second kappa shape index (κ2) is 2.34. The molecule has 0 aliphatic carbocycles. The number of nitrogens with zero attached hydrogens (tertiary/aromatic N) is 1. The molecule has 11 heavy (non-hydrogen) atoms. The van der Waals surface area contributed by atoms with Crippen molar-refractivity contribution >= 4 is 11.8 Å². The van der Waals surface area contributed by atoms with Crippen molar-refractivity contribution in [3.05, 3.63) is 23.9 Å². The second-order valence-electron chi connectivity index (χ2n) is 2.41. The zero-order valence-electron chi connectivity index (χ0n) is 6.55. The molecule has 1 heterocycles. The Morgan fingerprint density at radius 2 is 1.55 bits per heavy atom. The number of imide groups is 1. The van der Waals surface area contributed by atoms with Crippen LogP contribution in [0.2, 0.25) is 0 Å². The number of rotatable bonds is 1. The monoisotopic (exact) mass is 151 g/mol. The fourth-order valence-electron chi connectivity index (χ4n) is 0.940. The van der Waals surface area contributed by atoms with Crippen molar-refractivity contribution in [3.8, 4) is 0 Å². The van der Waals surface area contributed by atoms with Crippen LogP contribution in [0.25, 0.3) is 0 Å². The zero-order valence-corrected chi connectivity index (χ0v) is 6.55. The summed E-state index contributed by atoms with van der Waals surface area (Å²) >= 11 is 0. The Morgan fingerprint density at radius 3 is 1.73 bits per heavy atom. The van der Waals surface area contributed by atoms with E-state index in [0.29, 0.717) is 11.1 Å². The summed E-state index contributed by atoms with van der Waals surface area (Å²) in [6.45, 7) is 6.65. The molecule has 0 saturated carbocycles. The Bertz CT molecular complexity index is 252. The molecule has 0 fully saturated rings. The van der Waals surface area contributed by atoms with E-state index in [0.717, 1.165) is 4.90 Å². The Morgan fingerprint density at radius 1 is 1.18 bits per heavy atom. The molecular formula is C8H9NO2. The molecule has 0 radical (unpaired) electrons. The van der Waals surface area contributed by atoms with E-state index in [1.165, 1.54) is 6.20 Å². The van der Waals surface area contributed by atoms with Crippen molar-refractivity contribution in [2.45, 2.75) is 13.8 Å². The molecule has 0 aromatic heterocycles. The predicted octanol–water partition coefficient (Wildman–Crippen LogP) is 0.835. The van der Waals surface area contributed by atoms with Gasteiger partial charge in [-0.2, -0.15) is 0 Å². The number of amides is 2. The van der Waals surface area contributed by atoms with Gasteiger partial charge >= 0.3 is 0 Å². The van der Waals surface area contributed by atoms with Gasteiger partial charge in [0.1, 0.15) is 0 Å². The van der Waals surface area contributed by atoms with Crippen LogP contribution in [-0.4, -0.2) is 16.7 Å². The molecule has 0 unspecified atom stereocenters. The molecule has 0 N–H and O–H groups in total. The zero-order chi connectivity index (χ0) is 8.59. The molecule has 0 bridgehead atoms. The van der Waals surface area contributed by atoms with Crippen LogP contribution in [0.5, 0.6) is 0 Å². The average molecular weight is 151 g/mol. The minimum Gasteiger partial charge on any atom is -0.269 e. The van der Waals surface area contributed by atoms with Crippen LogP contribution in [0, 0.1) is 0 Å². The fourth-order valence-corrected chi connectivity index (χ4v) is 0.940. The lowest BCUT2D eigenvalue weighted by atomic mass is 10.2. The van der Waals surface area contributed by atoms with Crippen LogP contribution in [0.1, 0.15) is 13.8 Å². The summed E-state index contributed by atoms with van der Waals surface area (Å²) in [4.78, 5) is 23.3. The third kappa shape index (κ3) is 0.888. The van der Waals surface area contributed by atoms with Crippen LogP contribution < -0.4 is 0 Å². The minimum atomic E-state index is -0.262. The van der Waals surface area contributed by atoms with Crippen molar-refractivity contribution in [3.63, 3.8) is 0 Å². The molecule has 3 nitrogen and oxygen atoms in total. The lowest BCUT2D eigenvalue weighted by Crippen LogP contribution is -2.25. The largest absolute Gasteiger partial charge is 0.269 e. The Labute approximate surface area is 65.0 Å². The molecule has 58 valence electrons. The van der Waals surface area contributed by atoms with E-state index in [9.17, 15) is 9.59 Å². The number of hydrogen-bond acceptors (Lipinski definition) is 2. The number of carbonyl (C=O) groups is 2. The summed E-state index contributed by atoms with van der Waals surface area (Å²) in [5.41, 5.74) is 1.02. The molecule has 0 aromatic carbocycles. The molecule has 1 aliphatic heterocycles. The molecule has 0 aromatic rings. The molecule has 2 amide bonds. The van der Waals surface area contributed by atoms with Gasteiger partial charge in [-0.15, -0.1) is 0 Å². The van der Waals surface area contributed by atoms with Gasteiger partial charge in [0.15, 0.2) is 0 Å². The fraction of sp³-hybridized carbons (Fsp3) is 0.250. The standard InChI is InChI=1S/C8H9NO2/c1-4-9-7(10)5(2)6(3)8(9)11/h4H,1H2,2-3H3. The van der Waals surface area contributed by atoms with E-state index in [1.807, 2.05) is 0 Å². The van der Waals surface area contributed by atoms with Crippen LogP contribution in [0.4, 0.5) is 0 Å². The van der Waals surface area contributed by atoms with E-state index in [4.69, 9.17) is 0 Å². The third-order valence-electron chi connectivity index (χ3n) is 1.82. The maximum Gasteiger partial charge on any atom is 0.260 e. The summed E-state index contributed by atoms with van der Waals surface area (Å²) < 4.78 is 0. The lowest BCUT2D eigenvalue weighted by Gasteiger charge is -2.05. The van der Waals surface area contributed by atoms with Gasteiger partial charge in [0.2, 0.25) is 0 Å². The van der Waals surface area contributed by atoms with E-state index in [-0.39, 0.29) is 11.8 Å². The molecular weight excluding hydrogens is 142 g/mol. The summed E-state index contributed by atoms with van der Waals surface area (Å²) in [5, 5.41) is 0. The number of hydrogen-bond donors (Lipinski definition) is 0. The molecule has 0 saturated heterocycles. The Balaban J connectivity index is 3.11. The second-order valence-corrected chi connectivity index (χ2v) is 2.41. The smallest absolute Gasteiger partial charge is 0.260 e. The summed E-state index contributed by atoms with van der Waals surface area (Å²) in [5.74, 6) is -0.523. The first-order valence-corrected chi connectivity index (χ1v) is 3.27. The van der Waals surface area contributed by atoms with Crippen molar-refractivity contribution in [2.24, 2.45) is 0 Å². The normalized spacial score (nSPS) is 18.2. The molecule has 1 aliphatic rings. The predicted molar refractivity (Wildman–Crippen MR) is 40.4 cm³/mol. The number of carbonyl (C=O) groups excluding carboxylic acids is 2. The molecule has 1 rings (SSSR count). The van der Waals surface area contributed by atoms with Crippen LogP contribution in [0.15, 0.2) is 23.9 Å². The third-order valence-corrected chi connectivity index (χ3v) is 1.82. The van der Waals surface area contributed by atoms with Crippen molar-refractivity contribution in [1.29, 1.82) is 0 Å². The maximum atomic E-state index is 11.1. The SMILES string of the molecule is C=CN1C(=O)C(C)=C(C)C1=O. The summed E-state index contributed by atoms with van der Waals surface area (Å²) in [6, 6.07) is 0. The quantitative estimate of drug-likeness (QED) is 0.520. The van der Waals surface area contributed by atoms with E-state index >= 15 is 0 Å². The van der Waals surface area contributed by atoms with Crippen molar-refractivity contribution < 1.29 is 9.59 Å². The van der Waals surface area contributed by atoms with E-state index < -0.39 is 0 Å². The van der Waals surface area contributed by atoms with Crippen LogP contribution in [0.3, 0.4) is 0 Å². The highest BCUT2D eigenvalue weighted by Gasteiger charge is 2.30. The highest BCUT2D eigenvalue weighted by atomic mass is 16.2. The van der Waals surface area contributed by atoms with Gasteiger partial charge < -0.3 is 0 Å². The van der Waals surface area contributed by atoms with Gasteiger partial charge in [-0.25, -0.2) is 0 Å². The van der Waals surface area contributed by atoms with Gasteiger partial charge in [-0.3, -0.25) is 14.5 Å². The molecule has 0 atom stereocenters. The topological polar surface area (TPSA) is 37.4 Å². The van der Waals surface area contributed by atoms with Gasteiger partial charge in [-0.05, 0) is 13.8 Å². The van der Waals surface area contributed by atoms with Gasteiger partial charge in [0.25, 0.3) is 11.8 Å². The Hall–Kier alpha value is -1.38. The Kier molecular flexibility index (Phi) is 1.64. The van der Waals surface area contributed by atoms with E-state index in [1.54, 1.807) is 13.8 Å². The van der Waals surface area contributed by atoms with E-state index in [2.05, 4.69) is 6.58 Å². The van der Waals surface area contributed by atoms with Gasteiger partial charge in [-0.1, -0.05) is 6.58 Å². The van der Waals surface area contributed by atoms with Crippen LogP contribution >= 0.6 is 0 Å². The first kappa shape index (κ1) is 7.72. The first-order chi connectivity index (χ1) is 5.09.